The summed E-state index contributed by atoms with van der Waals surface area (Å²) in [4.78, 5) is 4.11. The normalized spacial score (nSPS) is 12.1. The molecule has 0 saturated carbocycles. The first-order valence-electron chi connectivity index (χ1n) is 15.1. The highest BCUT2D eigenvalue weighted by atomic mass is 35.5. The molecule has 3 aromatic rings. The van der Waals surface area contributed by atoms with Crippen molar-refractivity contribution >= 4 is 34.6 Å². The minimum atomic E-state index is 0.535. The van der Waals surface area contributed by atoms with Crippen LogP contribution in [0.25, 0.3) is 11.4 Å². The fourth-order valence-corrected chi connectivity index (χ4v) is 4.83. The minimum absolute atomic E-state index is 0.535. The van der Waals surface area contributed by atoms with Crippen molar-refractivity contribution in [2.45, 2.75) is 12.8 Å². The Balaban J connectivity index is 1.48. The molecule has 0 radical (unpaired) electrons. The number of benzene rings is 3. The lowest BCUT2D eigenvalue weighted by Crippen LogP contribution is -2.28. The van der Waals surface area contributed by atoms with Gasteiger partial charge in [0.25, 0.3) is 0 Å². The Bertz CT molecular complexity index is 1340. The highest BCUT2D eigenvalue weighted by molar-refractivity contribution is 6.32. The molecule has 0 aromatic heterocycles. The van der Waals surface area contributed by atoms with E-state index in [-0.39, 0.29) is 0 Å². The SMILES string of the molecule is CN(C)CCOc1ccc(CCN(N)/C=C(\N)c2ccc(/C(N)=C/N(N)CCc3ccc(OCCN(C)C)c(Cl)c3)cc2)cc1Cl. The van der Waals surface area contributed by atoms with Crippen LogP contribution >= 0.6 is 23.2 Å². The molecular formula is C34H48Cl2N8O2. The number of halogens is 2. The van der Waals surface area contributed by atoms with Gasteiger partial charge in [0.1, 0.15) is 24.7 Å². The molecule has 0 aliphatic carbocycles. The molecule has 8 N–H and O–H groups in total. The molecule has 0 bridgehead atoms. The van der Waals surface area contributed by atoms with E-state index in [4.69, 9.17) is 55.8 Å². The Kier molecular flexibility index (Phi) is 14.8. The lowest BCUT2D eigenvalue weighted by atomic mass is 10.1. The maximum Gasteiger partial charge on any atom is 0.137 e. The van der Waals surface area contributed by atoms with Gasteiger partial charge in [-0.1, -0.05) is 59.6 Å². The van der Waals surface area contributed by atoms with Crippen LogP contribution in [0, 0.1) is 0 Å². The first-order chi connectivity index (χ1) is 21.9. The van der Waals surface area contributed by atoms with Crippen molar-refractivity contribution in [3.63, 3.8) is 0 Å². The molecule has 0 atom stereocenters. The lowest BCUT2D eigenvalue weighted by molar-refractivity contribution is 0.261. The third-order valence-corrected chi connectivity index (χ3v) is 7.65. The number of rotatable bonds is 18. The summed E-state index contributed by atoms with van der Waals surface area (Å²) in [7, 11) is 7.99. The van der Waals surface area contributed by atoms with Gasteiger partial charge in [0.2, 0.25) is 0 Å². The molecule has 0 unspecified atom stereocenters. The van der Waals surface area contributed by atoms with E-state index >= 15 is 0 Å². The Labute approximate surface area is 283 Å². The molecule has 10 nitrogen and oxygen atoms in total. The van der Waals surface area contributed by atoms with Crippen LogP contribution in [0.2, 0.25) is 10.0 Å². The number of likely N-dealkylation sites (N-methyl/N-ethyl adjacent to an activating group) is 2. The molecular weight excluding hydrogens is 623 g/mol. The second-order valence-corrected chi connectivity index (χ2v) is 12.4. The van der Waals surface area contributed by atoms with E-state index in [1.807, 2.05) is 88.9 Å². The predicted octanol–water partition coefficient (Wildman–Crippen LogP) is 4.23. The smallest absolute Gasteiger partial charge is 0.137 e. The summed E-state index contributed by atoms with van der Waals surface area (Å²) < 4.78 is 11.5. The summed E-state index contributed by atoms with van der Waals surface area (Å²) in [5, 5.41) is 4.30. The van der Waals surface area contributed by atoms with Crippen molar-refractivity contribution in [2.24, 2.45) is 23.2 Å². The third kappa shape index (κ3) is 12.6. The largest absolute Gasteiger partial charge is 0.491 e. The van der Waals surface area contributed by atoms with Gasteiger partial charge in [-0.05, 0) is 87.6 Å². The van der Waals surface area contributed by atoms with E-state index in [0.29, 0.717) is 72.1 Å². The highest BCUT2D eigenvalue weighted by Gasteiger charge is 2.08. The maximum absolute atomic E-state index is 6.41. The van der Waals surface area contributed by atoms with Crippen molar-refractivity contribution in [3.05, 3.63) is 105 Å². The minimum Gasteiger partial charge on any atom is -0.491 e. The van der Waals surface area contributed by atoms with Gasteiger partial charge in [-0.15, -0.1) is 0 Å². The molecule has 250 valence electrons. The van der Waals surface area contributed by atoms with Gasteiger partial charge in [-0.25, -0.2) is 11.7 Å². The number of hydrazine groups is 2. The fraction of sp³-hybridized carbons (Fsp3) is 0.353. The zero-order valence-corrected chi connectivity index (χ0v) is 28.8. The van der Waals surface area contributed by atoms with Gasteiger partial charge in [0, 0.05) is 38.6 Å². The van der Waals surface area contributed by atoms with Crippen LogP contribution in [0.15, 0.2) is 73.1 Å². The van der Waals surface area contributed by atoms with Crippen LogP contribution in [0.4, 0.5) is 0 Å². The van der Waals surface area contributed by atoms with Gasteiger partial charge >= 0.3 is 0 Å². The van der Waals surface area contributed by atoms with Crippen LogP contribution < -0.4 is 32.6 Å². The van der Waals surface area contributed by atoms with Crippen LogP contribution in [0.5, 0.6) is 11.5 Å². The van der Waals surface area contributed by atoms with E-state index in [1.165, 1.54) is 0 Å². The highest BCUT2D eigenvalue weighted by Crippen LogP contribution is 2.27. The van der Waals surface area contributed by atoms with Crippen LogP contribution in [0.3, 0.4) is 0 Å². The number of nitrogens with zero attached hydrogens (tertiary/aromatic N) is 4. The van der Waals surface area contributed by atoms with Crippen molar-refractivity contribution in [1.29, 1.82) is 0 Å². The molecule has 0 aliphatic rings. The van der Waals surface area contributed by atoms with Gasteiger partial charge in [-0.2, -0.15) is 0 Å². The Morgan fingerprint density at radius 1 is 0.609 bits per heavy atom. The summed E-state index contributed by atoms with van der Waals surface area (Å²) in [5.41, 5.74) is 17.5. The molecule has 12 heteroatoms. The first kappa shape index (κ1) is 36.8. The molecule has 0 aliphatic heterocycles. The Morgan fingerprint density at radius 2 is 0.978 bits per heavy atom. The topological polar surface area (TPSA) is 136 Å². The van der Waals surface area contributed by atoms with Gasteiger partial charge in [0.15, 0.2) is 0 Å². The number of ether oxygens (including phenoxy) is 2. The molecule has 0 saturated heterocycles. The van der Waals surface area contributed by atoms with E-state index in [9.17, 15) is 0 Å². The molecule has 46 heavy (non-hydrogen) atoms. The lowest BCUT2D eigenvalue weighted by Gasteiger charge is -2.17. The van der Waals surface area contributed by atoms with Crippen molar-refractivity contribution in [3.8, 4) is 11.5 Å². The van der Waals surface area contributed by atoms with Gasteiger partial charge in [-0.3, -0.25) is 0 Å². The molecule has 3 rings (SSSR count). The summed E-state index contributed by atoms with van der Waals surface area (Å²) in [5.74, 6) is 13.8. The quantitative estimate of drug-likeness (QED) is 0.115. The van der Waals surface area contributed by atoms with Crippen LogP contribution in [-0.4, -0.2) is 87.4 Å². The molecule has 0 fully saturated rings. The summed E-state index contributed by atoms with van der Waals surface area (Å²) in [6, 6.07) is 19.2. The van der Waals surface area contributed by atoms with Crippen molar-refractivity contribution in [2.75, 3.05) is 67.6 Å². The van der Waals surface area contributed by atoms with Gasteiger partial charge in [0.05, 0.1) is 21.4 Å². The third-order valence-electron chi connectivity index (χ3n) is 7.06. The van der Waals surface area contributed by atoms with Crippen LogP contribution in [-0.2, 0) is 12.8 Å². The zero-order valence-electron chi connectivity index (χ0n) is 27.3. The van der Waals surface area contributed by atoms with Crippen molar-refractivity contribution in [1.82, 2.24) is 19.8 Å². The summed E-state index contributed by atoms with van der Waals surface area (Å²) >= 11 is 12.8. The summed E-state index contributed by atoms with van der Waals surface area (Å²) in [6.45, 7) is 3.88. The zero-order chi connectivity index (χ0) is 33.6. The van der Waals surface area contributed by atoms with Crippen molar-refractivity contribution < 1.29 is 9.47 Å². The first-order valence-corrected chi connectivity index (χ1v) is 15.9. The summed E-state index contributed by atoms with van der Waals surface area (Å²) in [6.07, 6.45) is 4.81. The predicted molar refractivity (Wildman–Crippen MR) is 191 cm³/mol. The molecule has 0 spiro atoms. The second-order valence-electron chi connectivity index (χ2n) is 11.6. The molecule has 3 aromatic carbocycles. The Morgan fingerprint density at radius 3 is 1.30 bits per heavy atom. The fourth-order valence-electron chi connectivity index (χ4n) is 4.32. The van der Waals surface area contributed by atoms with Gasteiger partial charge < -0.3 is 40.8 Å². The second kappa shape index (κ2) is 18.5. The van der Waals surface area contributed by atoms with E-state index in [2.05, 4.69) is 9.80 Å². The number of nitrogens with two attached hydrogens (primary N) is 4. The number of hydrogen-bond donors (Lipinski definition) is 4. The Hall–Kier alpha value is -3.64. The maximum atomic E-state index is 6.41. The standard InChI is InChI=1S/C34H48Cl2N8O2/c1-41(2)17-19-45-33-11-5-25(21-29(33)35)13-15-43(39)23-31(37)27-7-9-28(10-8-27)32(38)24-44(40)16-14-26-6-12-34(30(36)22-26)46-20-18-42(3)4/h5-12,21-24H,13-20,37-40H2,1-4H3/b31-23-,32-24-. The average molecular weight is 672 g/mol. The van der Waals surface area contributed by atoms with Crippen LogP contribution in [0.1, 0.15) is 22.3 Å². The molecule has 0 amide bonds. The van der Waals surface area contributed by atoms with E-state index < -0.39 is 0 Å². The number of hydrogen-bond acceptors (Lipinski definition) is 10. The average Bonchev–Trinajstić information content (AvgIpc) is 3.00. The van der Waals surface area contributed by atoms with E-state index in [0.717, 1.165) is 35.3 Å². The monoisotopic (exact) mass is 670 g/mol. The molecule has 0 heterocycles. The van der Waals surface area contributed by atoms with E-state index in [1.54, 1.807) is 22.4 Å².